The number of aromatic nitrogens is 2. The van der Waals surface area contributed by atoms with Crippen LogP contribution < -0.4 is 5.32 Å². The number of aromatic amines is 1. The van der Waals surface area contributed by atoms with Gasteiger partial charge < -0.3 is 10.3 Å². The molecule has 0 aliphatic rings. The number of carbonyl (C=O) groups excluding carboxylic acids is 2. The zero-order valence-electron chi connectivity index (χ0n) is 15.1. The third-order valence-electron chi connectivity index (χ3n) is 3.94. The lowest BCUT2D eigenvalue weighted by Gasteiger charge is -2.19. The summed E-state index contributed by atoms with van der Waals surface area (Å²) in [6, 6.07) is 9.73. The van der Waals surface area contributed by atoms with Crippen molar-refractivity contribution >= 4 is 23.5 Å². The molecule has 1 aromatic carbocycles. The molecule has 2 aromatic rings. The molecule has 5 nitrogen and oxygen atoms in total. The third kappa shape index (κ3) is 5.74. The van der Waals surface area contributed by atoms with Crippen LogP contribution in [0.4, 0.5) is 0 Å². The first-order valence-corrected chi connectivity index (χ1v) is 9.37. The zero-order valence-corrected chi connectivity index (χ0v) is 15.9. The molecular weight excluding hydrogens is 334 g/mol. The van der Waals surface area contributed by atoms with Gasteiger partial charge in [-0.1, -0.05) is 55.9 Å². The number of hydrogen-bond acceptors (Lipinski definition) is 4. The number of ketones is 1. The van der Waals surface area contributed by atoms with Crippen LogP contribution >= 0.6 is 11.8 Å². The predicted molar refractivity (Wildman–Crippen MR) is 101 cm³/mol. The Labute approximate surface area is 153 Å². The number of rotatable bonds is 8. The fourth-order valence-corrected chi connectivity index (χ4v) is 3.33. The van der Waals surface area contributed by atoms with Gasteiger partial charge in [-0.2, -0.15) is 0 Å². The molecule has 0 aliphatic heterocycles. The largest absolute Gasteiger partial charge is 0.345 e. The molecule has 1 heterocycles. The highest BCUT2D eigenvalue weighted by atomic mass is 32.2. The number of nitrogens with zero attached hydrogens (tertiary/aromatic N) is 1. The lowest BCUT2D eigenvalue weighted by Crippen LogP contribution is -2.44. The lowest BCUT2D eigenvalue weighted by molar-refractivity contribution is -0.126. The number of amides is 1. The highest BCUT2D eigenvalue weighted by molar-refractivity contribution is 7.99. The molecule has 0 saturated carbocycles. The summed E-state index contributed by atoms with van der Waals surface area (Å²) in [7, 11) is 0. The molecule has 25 heavy (non-hydrogen) atoms. The maximum Gasteiger partial charge on any atom is 0.231 e. The molecule has 2 rings (SSSR count). The first-order valence-electron chi connectivity index (χ1n) is 8.38. The number of nitrogens with one attached hydrogen (secondary N) is 2. The number of carbonyl (C=O) groups is 2. The van der Waals surface area contributed by atoms with Crippen molar-refractivity contribution < 1.29 is 9.59 Å². The SMILES string of the molecule is CC(=O)C(NC(=O)CSc1nc(Cc2ccccc2)c(C)[nH]1)C(C)C. The van der Waals surface area contributed by atoms with Crippen LogP contribution in [0.2, 0.25) is 0 Å². The topological polar surface area (TPSA) is 74.8 Å². The van der Waals surface area contributed by atoms with E-state index in [2.05, 4.69) is 27.4 Å². The summed E-state index contributed by atoms with van der Waals surface area (Å²) >= 11 is 1.35. The fourth-order valence-electron chi connectivity index (χ4n) is 2.58. The molecule has 1 atom stereocenters. The molecule has 6 heteroatoms. The van der Waals surface area contributed by atoms with Crippen molar-refractivity contribution in [2.45, 2.75) is 45.3 Å². The van der Waals surface area contributed by atoms with Gasteiger partial charge in [0.25, 0.3) is 0 Å². The van der Waals surface area contributed by atoms with Crippen molar-refractivity contribution in [2.24, 2.45) is 5.92 Å². The van der Waals surface area contributed by atoms with Crippen molar-refractivity contribution in [3.8, 4) is 0 Å². The minimum Gasteiger partial charge on any atom is -0.345 e. The Bertz CT molecular complexity index is 726. The van der Waals surface area contributed by atoms with Crippen molar-refractivity contribution in [1.29, 1.82) is 0 Å². The predicted octanol–water partition coefficient (Wildman–Crippen LogP) is 3.13. The Morgan fingerprint density at radius 2 is 1.92 bits per heavy atom. The first kappa shape index (κ1) is 19.2. The number of H-pyrrole nitrogens is 1. The summed E-state index contributed by atoms with van der Waals surface area (Å²) in [5.41, 5.74) is 3.20. The van der Waals surface area contributed by atoms with Crippen LogP contribution in [0.15, 0.2) is 35.5 Å². The van der Waals surface area contributed by atoms with Gasteiger partial charge in [0.05, 0.1) is 17.5 Å². The molecule has 0 fully saturated rings. The van der Waals surface area contributed by atoms with E-state index in [9.17, 15) is 9.59 Å². The van der Waals surface area contributed by atoms with Crippen LogP contribution in [-0.4, -0.2) is 33.5 Å². The second-order valence-corrected chi connectivity index (χ2v) is 7.43. The molecule has 0 bridgehead atoms. The molecule has 1 aromatic heterocycles. The van der Waals surface area contributed by atoms with Crippen molar-refractivity contribution in [3.63, 3.8) is 0 Å². The lowest BCUT2D eigenvalue weighted by atomic mass is 10.0. The van der Waals surface area contributed by atoms with Gasteiger partial charge in [0.15, 0.2) is 10.9 Å². The Morgan fingerprint density at radius 3 is 2.52 bits per heavy atom. The van der Waals surface area contributed by atoms with Gasteiger partial charge in [0.2, 0.25) is 5.91 Å². The minimum atomic E-state index is -0.430. The average Bonchev–Trinajstić information content (AvgIpc) is 2.91. The van der Waals surface area contributed by atoms with Gasteiger partial charge in [0, 0.05) is 12.1 Å². The van der Waals surface area contributed by atoms with Crippen LogP contribution in [-0.2, 0) is 16.0 Å². The van der Waals surface area contributed by atoms with E-state index in [1.807, 2.05) is 39.0 Å². The van der Waals surface area contributed by atoms with E-state index in [4.69, 9.17) is 0 Å². The number of benzene rings is 1. The molecule has 2 N–H and O–H groups in total. The number of aryl methyl sites for hydroxylation is 1. The first-order chi connectivity index (χ1) is 11.9. The molecule has 134 valence electrons. The molecular formula is C19H25N3O2S. The summed E-state index contributed by atoms with van der Waals surface area (Å²) in [5.74, 6) is 0.133. The molecule has 1 amide bonds. The zero-order chi connectivity index (χ0) is 18.4. The van der Waals surface area contributed by atoms with Crippen molar-refractivity contribution in [3.05, 3.63) is 47.3 Å². The van der Waals surface area contributed by atoms with Gasteiger partial charge in [-0.15, -0.1) is 0 Å². The van der Waals surface area contributed by atoms with Crippen molar-refractivity contribution in [1.82, 2.24) is 15.3 Å². The Kier molecular flexibility index (Phi) is 6.82. The maximum atomic E-state index is 12.1. The Balaban J connectivity index is 1.92. The summed E-state index contributed by atoms with van der Waals surface area (Å²) < 4.78 is 0. The smallest absolute Gasteiger partial charge is 0.231 e. The summed E-state index contributed by atoms with van der Waals surface area (Å²) in [4.78, 5) is 31.5. The summed E-state index contributed by atoms with van der Waals surface area (Å²) in [6.45, 7) is 7.33. The van der Waals surface area contributed by atoms with Crippen LogP contribution in [0.3, 0.4) is 0 Å². The third-order valence-corrected chi connectivity index (χ3v) is 4.81. The summed E-state index contributed by atoms with van der Waals surface area (Å²) in [5, 5.41) is 3.52. The van der Waals surface area contributed by atoms with E-state index in [-0.39, 0.29) is 23.4 Å². The van der Waals surface area contributed by atoms with Crippen molar-refractivity contribution in [2.75, 3.05) is 5.75 Å². The number of hydrogen-bond donors (Lipinski definition) is 2. The number of imidazole rings is 1. The number of Topliss-reactive ketones (excluding diaryl/α,β-unsaturated/α-hetero) is 1. The minimum absolute atomic E-state index is 0.0210. The fraction of sp³-hybridized carbons (Fsp3) is 0.421. The standard InChI is InChI=1S/C19H25N3O2S/c1-12(2)18(14(4)23)22-17(24)11-25-19-20-13(3)16(21-19)10-15-8-6-5-7-9-15/h5-9,12,18H,10-11H2,1-4H3,(H,20,21)(H,22,24). The van der Waals surface area contributed by atoms with E-state index in [0.29, 0.717) is 0 Å². The molecule has 1 unspecified atom stereocenters. The van der Waals surface area contributed by atoms with Gasteiger partial charge in [-0.25, -0.2) is 4.98 Å². The highest BCUT2D eigenvalue weighted by Gasteiger charge is 2.20. The normalized spacial score (nSPS) is 12.2. The van der Waals surface area contributed by atoms with E-state index in [0.717, 1.165) is 23.0 Å². The van der Waals surface area contributed by atoms with Gasteiger partial charge in [-0.3, -0.25) is 9.59 Å². The molecule has 0 spiro atoms. The summed E-state index contributed by atoms with van der Waals surface area (Å²) in [6.07, 6.45) is 0.760. The molecule has 0 radical (unpaired) electrons. The second kappa shape index (κ2) is 8.85. The van der Waals surface area contributed by atoms with E-state index in [1.165, 1.54) is 24.2 Å². The van der Waals surface area contributed by atoms with Gasteiger partial charge in [0.1, 0.15) is 0 Å². The molecule has 0 saturated heterocycles. The van der Waals surface area contributed by atoms with E-state index in [1.54, 1.807) is 0 Å². The van der Waals surface area contributed by atoms with Crippen LogP contribution in [0, 0.1) is 12.8 Å². The van der Waals surface area contributed by atoms with E-state index >= 15 is 0 Å². The Hall–Kier alpha value is -2.08. The monoisotopic (exact) mass is 359 g/mol. The Morgan fingerprint density at radius 1 is 1.24 bits per heavy atom. The quantitative estimate of drug-likeness (QED) is 0.710. The van der Waals surface area contributed by atoms with Gasteiger partial charge in [-0.05, 0) is 25.3 Å². The van der Waals surface area contributed by atoms with Crippen LogP contribution in [0.25, 0.3) is 0 Å². The average molecular weight is 359 g/mol. The molecule has 0 aliphatic carbocycles. The maximum absolute atomic E-state index is 12.1. The van der Waals surface area contributed by atoms with Gasteiger partial charge >= 0.3 is 0 Å². The second-order valence-electron chi connectivity index (χ2n) is 6.46. The van der Waals surface area contributed by atoms with Crippen LogP contribution in [0.5, 0.6) is 0 Å². The number of thioether (sulfide) groups is 1. The highest BCUT2D eigenvalue weighted by Crippen LogP contribution is 2.19. The van der Waals surface area contributed by atoms with Crippen LogP contribution in [0.1, 0.15) is 37.7 Å². The van der Waals surface area contributed by atoms with E-state index < -0.39 is 6.04 Å².